The molecule has 3 rings (SSSR count). The summed E-state index contributed by atoms with van der Waals surface area (Å²) in [4.78, 5) is 24.6. The highest BCUT2D eigenvalue weighted by Gasteiger charge is 2.28. The van der Waals surface area contributed by atoms with Gasteiger partial charge in [0.15, 0.2) is 0 Å². The molecule has 176 valence electrons. The van der Waals surface area contributed by atoms with E-state index in [-0.39, 0.29) is 15.7 Å². The van der Waals surface area contributed by atoms with Crippen molar-refractivity contribution in [1.82, 2.24) is 5.16 Å². The van der Waals surface area contributed by atoms with Gasteiger partial charge in [0.05, 0.1) is 11.4 Å². The predicted molar refractivity (Wildman–Crippen MR) is 126 cm³/mol. The van der Waals surface area contributed by atoms with E-state index in [1.165, 1.54) is 18.4 Å². The van der Waals surface area contributed by atoms with E-state index >= 15 is 0 Å². The number of esters is 1. The number of hydrogen-bond donors (Lipinski definition) is 2. The van der Waals surface area contributed by atoms with Gasteiger partial charge in [-0.15, -0.1) is 11.3 Å². The molecule has 0 saturated carbocycles. The number of rotatable bonds is 6. The van der Waals surface area contributed by atoms with Gasteiger partial charge < -0.3 is 14.6 Å². The zero-order valence-corrected chi connectivity index (χ0v) is 21.0. The number of anilines is 2. The number of aromatic nitrogens is 1. The van der Waals surface area contributed by atoms with Gasteiger partial charge in [-0.3, -0.25) is 9.59 Å². The first-order chi connectivity index (χ1) is 15.3. The molecule has 1 aromatic carbocycles. The Morgan fingerprint density at radius 3 is 2.24 bits per heavy atom. The Morgan fingerprint density at radius 1 is 1.00 bits per heavy atom. The molecule has 0 aliphatic rings. The van der Waals surface area contributed by atoms with Gasteiger partial charge in [-0.25, -0.2) is 13.1 Å². The Balaban J connectivity index is 1.98. The molecule has 0 aliphatic heterocycles. The number of benzene rings is 1. The van der Waals surface area contributed by atoms with E-state index in [1.54, 1.807) is 20.8 Å². The number of hydrogen-bond acceptors (Lipinski definition) is 8. The van der Waals surface area contributed by atoms with Gasteiger partial charge in [0.25, 0.3) is 15.9 Å². The van der Waals surface area contributed by atoms with E-state index in [0.717, 1.165) is 28.0 Å². The van der Waals surface area contributed by atoms with Crippen LogP contribution in [0.15, 0.2) is 20.9 Å². The van der Waals surface area contributed by atoms with Crippen molar-refractivity contribution < 1.29 is 27.3 Å². The van der Waals surface area contributed by atoms with Gasteiger partial charge in [-0.1, -0.05) is 5.16 Å². The quantitative estimate of drug-likeness (QED) is 0.382. The Hall–Kier alpha value is -3.18. The molecule has 1 amide bonds. The highest BCUT2D eigenvalue weighted by molar-refractivity contribution is 7.93. The van der Waals surface area contributed by atoms with Crippen LogP contribution in [0.5, 0.6) is 5.75 Å². The lowest BCUT2D eigenvalue weighted by Gasteiger charge is -2.20. The summed E-state index contributed by atoms with van der Waals surface area (Å²) in [6, 6.07) is 1.35. The second-order valence-corrected chi connectivity index (χ2v) is 10.3. The van der Waals surface area contributed by atoms with Crippen LogP contribution in [0.4, 0.5) is 11.6 Å². The molecule has 0 aliphatic carbocycles. The topological polar surface area (TPSA) is 128 Å². The number of aryl methyl sites for hydroxylation is 1. The van der Waals surface area contributed by atoms with Crippen LogP contribution in [0.3, 0.4) is 0 Å². The minimum Gasteiger partial charge on any atom is -0.426 e. The lowest BCUT2D eigenvalue weighted by Crippen LogP contribution is -2.20. The number of amides is 1. The molecular formula is C22H25N3O6S2. The Labute approximate surface area is 196 Å². The summed E-state index contributed by atoms with van der Waals surface area (Å²) in [5.41, 5.74) is 4.58. The molecule has 2 heterocycles. The Bertz CT molecular complexity index is 1370. The molecule has 0 fully saturated rings. The van der Waals surface area contributed by atoms with Crippen molar-refractivity contribution in [3.05, 3.63) is 49.8 Å². The highest BCUT2D eigenvalue weighted by Crippen LogP contribution is 2.37. The third kappa shape index (κ3) is 4.64. The van der Waals surface area contributed by atoms with Crippen LogP contribution in [0.25, 0.3) is 0 Å². The molecule has 11 heteroatoms. The maximum absolute atomic E-state index is 13.2. The molecule has 3 aromatic rings. The van der Waals surface area contributed by atoms with E-state index < -0.39 is 21.9 Å². The van der Waals surface area contributed by atoms with Gasteiger partial charge in [-0.05, 0) is 69.7 Å². The van der Waals surface area contributed by atoms with E-state index in [2.05, 4.69) is 15.2 Å². The van der Waals surface area contributed by atoms with Crippen molar-refractivity contribution in [2.75, 3.05) is 10.0 Å². The van der Waals surface area contributed by atoms with Crippen molar-refractivity contribution in [2.45, 2.75) is 53.4 Å². The summed E-state index contributed by atoms with van der Waals surface area (Å²) in [5.74, 6) is -0.703. The fourth-order valence-corrected chi connectivity index (χ4v) is 5.70. The number of sulfonamides is 1. The number of carbonyl (C=O) groups is 2. The second-order valence-electron chi connectivity index (χ2n) is 7.69. The predicted octanol–water partition coefficient (Wildman–Crippen LogP) is 4.57. The molecular weight excluding hydrogens is 466 g/mol. The van der Waals surface area contributed by atoms with Crippen LogP contribution in [0.1, 0.15) is 50.1 Å². The zero-order chi connectivity index (χ0) is 24.7. The molecule has 0 unspecified atom stereocenters. The maximum Gasteiger partial charge on any atom is 0.308 e. The normalized spacial score (nSPS) is 11.4. The minimum absolute atomic E-state index is 0.00227. The van der Waals surface area contributed by atoms with Crippen molar-refractivity contribution in [3.8, 4) is 5.75 Å². The van der Waals surface area contributed by atoms with E-state index in [0.29, 0.717) is 28.3 Å². The molecule has 9 nitrogen and oxygen atoms in total. The van der Waals surface area contributed by atoms with Crippen LogP contribution >= 0.6 is 11.3 Å². The first kappa shape index (κ1) is 24.5. The Morgan fingerprint density at radius 2 is 1.67 bits per heavy atom. The summed E-state index contributed by atoms with van der Waals surface area (Å²) in [7, 11) is -4.11. The Kier molecular flexibility index (Phi) is 6.66. The van der Waals surface area contributed by atoms with Crippen molar-refractivity contribution in [1.29, 1.82) is 0 Å². The van der Waals surface area contributed by atoms with Crippen LogP contribution < -0.4 is 14.8 Å². The standard InChI is InChI=1S/C22H25N3O6S2/c1-10-11(2)18(14(5)19(12(10)3)30-16(7)26)23-21(27)20-17(8-9-32-20)33(28,29)25-22-13(4)15(6)24-31-22/h8-9,25H,1-7H3,(H,23,27). The van der Waals surface area contributed by atoms with Crippen molar-refractivity contribution in [3.63, 3.8) is 0 Å². The molecule has 2 N–H and O–H groups in total. The number of nitrogens with one attached hydrogen (secondary N) is 2. The molecule has 0 spiro atoms. The number of ether oxygens (including phenoxy) is 1. The molecule has 2 aromatic heterocycles. The minimum atomic E-state index is -4.11. The maximum atomic E-state index is 13.2. The molecule has 0 saturated heterocycles. The van der Waals surface area contributed by atoms with Gasteiger partial charge in [-0.2, -0.15) is 0 Å². The molecule has 0 radical (unpaired) electrons. The molecule has 0 bridgehead atoms. The zero-order valence-electron chi connectivity index (χ0n) is 19.4. The summed E-state index contributed by atoms with van der Waals surface area (Å²) in [5, 5.41) is 8.07. The SMILES string of the molecule is CC(=O)Oc1c(C)c(C)c(C)c(NC(=O)c2sccc2S(=O)(=O)Nc2onc(C)c2C)c1C. The second kappa shape index (κ2) is 8.99. The largest absolute Gasteiger partial charge is 0.426 e. The first-order valence-electron chi connectivity index (χ1n) is 9.98. The number of carbonyl (C=O) groups excluding carboxylic acids is 2. The summed E-state index contributed by atoms with van der Waals surface area (Å²) in [6.07, 6.45) is 0. The summed E-state index contributed by atoms with van der Waals surface area (Å²) in [6.45, 7) is 11.9. The van der Waals surface area contributed by atoms with Gasteiger partial charge in [0, 0.05) is 18.1 Å². The first-order valence-corrected chi connectivity index (χ1v) is 12.3. The summed E-state index contributed by atoms with van der Waals surface area (Å²) < 4.78 is 38.7. The highest BCUT2D eigenvalue weighted by atomic mass is 32.2. The lowest BCUT2D eigenvalue weighted by atomic mass is 9.96. The average molecular weight is 492 g/mol. The van der Waals surface area contributed by atoms with E-state index in [9.17, 15) is 18.0 Å². The van der Waals surface area contributed by atoms with Crippen LogP contribution in [0.2, 0.25) is 0 Å². The van der Waals surface area contributed by atoms with E-state index in [4.69, 9.17) is 9.26 Å². The number of nitrogens with zero attached hydrogens (tertiary/aromatic N) is 1. The van der Waals surface area contributed by atoms with Gasteiger partial charge >= 0.3 is 5.97 Å². The fraction of sp³-hybridized carbons (Fsp3) is 0.318. The van der Waals surface area contributed by atoms with Crippen LogP contribution in [-0.4, -0.2) is 25.5 Å². The summed E-state index contributed by atoms with van der Waals surface area (Å²) >= 11 is 0.995. The molecule has 33 heavy (non-hydrogen) atoms. The monoisotopic (exact) mass is 491 g/mol. The van der Waals surface area contributed by atoms with Crippen molar-refractivity contribution >= 4 is 44.8 Å². The van der Waals surface area contributed by atoms with E-state index in [1.807, 2.05) is 20.8 Å². The number of thiophene rings is 1. The van der Waals surface area contributed by atoms with Crippen LogP contribution in [0, 0.1) is 41.5 Å². The van der Waals surface area contributed by atoms with Gasteiger partial charge in [0.1, 0.15) is 15.5 Å². The molecule has 0 atom stereocenters. The van der Waals surface area contributed by atoms with Crippen molar-refractivity contribution in [2.24, 2.45) is 0 Å². The van der Waals surface area contributed by atoms with Crippen LogP contribution in [-0.2, 0) is 14.8 Å². The average Bonchev–Trinajstić information content (AvgIpc) is 3.36. The smallest absolute Gasteiger partial charge is 0.308 e. The van der Waals surface area contributed by atoms with Gasteiger partial charge in [0.2, 0.25) is 5.88 Å². The lowest BCUT2D eigenvalue weighted by molar-refractivity contribution is -0.131. The third-order valence-electron chi connectivity index (χ3n) is 5.55. The third-order valence-corrected chi connectivity index (χ3v) is 7.97. The fourth-order valence-electron chi connectivity index (χ4n) is 3.33.